The van der Waals surface area contributed by atoms with Crippen LogP contribution in [0.5, 0.6) is 0 Å². The van der Waals surface area contributed by atoms with Gasteiger partial charge in [0, 0.05) is 21.4 Å². The zero-order valence-corrected chi connectivity index (χ0v) is 12.0. The second-order valence-electron chi connectivity index (χ2n) is 4.20. The van der Waals surface area contributed by atoms with Gasteiger partial charge in [-0.1, -0.05) is 15.9 Å². The molecule has 0 fully saturated rings. The standard InChI is InChI=1S/C14H12BrFN2O2/c15-13-2-1-10(16)3-9(13)7-20-14(19)8-4-11(17)6-12(18)5-8/h1-6H,7,17-18H2. The van der Waals surface area contributed by atoms with Gasteiger partial charge in [0.15, 0.2) is 0 Å². The van der Waals surface area contributed by atoms with Crippen molar-refractivity contribution in [1.82, 2.24) is 0 Å². The van der Waals surface area contributed by atoms with E-state index in [1.54, 1.807) is 12.1 Å². The number of ether oxygens (including phenoxy) is 1. The molecule has 2 rings (SSSR count). The molecular weight excluding hydrogens is 327 g/mol. The predicted octanol–water partition coefficient (Wildman–Crippen LogP) is 3.11. The molecule has 0 aliphatic carbocycles. The summed E-state index contributed by atoms with van der Waals surface area (Å²) in [6.45, 7) is -0.0497. The third-order valence-corrected chi connectivity index (χ3v) is 3.35. The lowest BCUT2D eigenvalue weighted by Crippen LogP contribution is -2.07. The topological polar surface area (TPSA) is 78.3 Å². The van der Waals surface area contributed by atoms with Crippen LogP contribution in [0.2, 0.25) is 0 Å². The summed E-state index contributed by atoms with van der Waals surface area (Å²) in [6.07, 6.45) is 0. The van der Waals surface area contributed by atoms with Crippen LogP contribution in [-0.4, -0.2) is 5.97 Å². The van der Waals surface area contributed by atoms with Crippen LogP contribution < -0.4 is 11.5 Å². The molecule has 0 atom stereocenters. The van der Waals surface area contributed by atoms with Gasteiger partial charge in [-0.15, -0.1) is 0 Å². The second-order valence-corrected chi connectivity index (χ2v) is 5.05. The zero-order valence-electron chi connectivity index (χ0n) is 10.4. The Morgan fingerprint density at radius 1 is 1.15 bits per heavy atom. The summed E-state index contributed by atoms with van der Waals surface area (Å²) < 4.78 is 18.9. The summed E-state index contributed by atoms with van der Waals surface area (Å²) in [4.78, 5) is 11.9. The third kappa shape index (κ3) is 3.48. The van der Waals surface area contributed by atoms with E-state index in [1.165, 1.54) is 24.3 Å². The number of hydrogen-bond acceptors (Lipinski definition) is 4. The average Bonchev–Trinajstić information content (AvgIpc) is 2.38. The quantitative estimate of drug-likeness (QED) is 0.665. The molecule has 104 valence electrons. The predicted molar refractivity (Wildman–Crippen MR) is 78.5 cm³/mol. The van der Waals surface area contributed by atoms with Crippen molar-refractivity contribution >= 4 is 33.3 Å². The van der Waals surface area contributed by atoms with E-state index in [1.807, 2.05) is 0 Å². The molecule has 2 aromatic rings. The summed E-state index contributed by atoms with van der Waals surface area (Å²) >= 11 is 3.26. The van der Waals surface area contributed by atoms with Crippen LogP contribution in [0.3, 0.4) is 0 Å². The lowest BCUT2D eigenvalue weighted by molar-refractivity contribution is 0.0471. The average molecular weight is 339 g/mol. The van der Waals surface area contributed by atoms with Crippen LogP contribution in [0.1, 0.15) is 15.9 Å². The summed E-state index contributed by atoms with van der Waals surface area (Å²) in [5.74, 6) is -0.965. The number of carbonyl (C=O) groups is 1. The normalized spacial score (nSPS) is 10.3. The summed E-state index contributed by atoms with van der Waals surface area (Å²) in [5.41, 5.74) is 12.8. The highest BCUT2D eigenvalue weighted by molar-refractivity contribution is 9.10. The van der Waals surface area contributed by atoms with E-state index < -0.39 is 11.8 Å². The van der Waals surface area contributed by atoms with Crippen LogP contribution in [0.15, 0.2) is 40.9 Å². The first-order valence-corrected chi connectivity index (χ1v) is 6.52. The van der Waals surface area contributed by atoms with Gasteiger partial charge in [0.05, 0.1) is 5.56 Å². The van der Waals surface area contributed by atoms with E-state index >= 15 is 0 Å². The molecule has 0 aromatic heterocycles. The van der Waals surface area contributed by atoms with Gasteiger partial charge in [0.2, 0.25) is 0 Å². The molecule has 0 spiro atoms. The molecular formula is C14H12BrFN2O2. The molecule has 0 amide bonds. The minimum absolute atomic E-state index is 0.0497. The second kappa shape index (κ2) is 5.92. The number of rotatable bonds is 3. The molecule has 0 aliphatic heterocycles. The first kappa shape index (κ1) is 14.3. The van der Waals surface area contributed by atoms with Gasteiger partial charge in [0.1, 0.15) is 12.4 Å². The molecule has 2 aromatic carbocycles. The van der Waals surface area contributed by atoms with Crippen molar-refractivity contribution in [3.05, 3.63) is 57.8 Å². The molecule has 4 N–H and O–H groups in total. The lowest BCUT2D eigenvalue weighted by atomic mass is 10.2. The summed E-state index contributed by atoms with van der Waals surface area (Å²) in [5, 5.41) is 0. The number of nitrogen functional groups attached to an aromatic ring is 2. The Hall–Kier alpha value is -2.08. The molecule has 6 heteroatoms. The van der Waals surface area contributed by atoms with Crippen molar-refractivity contribution in [1.29, 1.82) is 0 Å². The maximum Gasteiger partial charge on any atom is 0.338 e. The van der Waals surface area contributed by atoms with Gasteiger partial charge in [-0.2, -0.15) is 0 Å². The van der Waals surface area contributed by atoms with Crippen molar-refractivity contribution in [2.24, 2.45) is 0 Å². The number of carbonyl (C=O) groups excluding carboxylic acids is 1. The minimum Gasteiger partial charge on any atom is -0.457 e. The van der Waals surface area contributed by atoms with Crippen LogP contribution >= 0.6 is 15.9 Å². The zero-order chi connectivity index (χ0) is 14.7. The fourth-order valence-electron chi connectivity index (χ4n) is 1.67. The fraction of sp³-hybridized carbons (Fsp3) is 0.0714. The molecule has 0 radical (unpaired) electrons. The van der Waals surface area contributed by atoms with Gasteiger partial charge >= 0.3 is 5.97 Å². The first-order valence-electron chi connectivity index (χ1n) is 5.73. The molecule has 0 aliphatic rings. The first-order chi connectivity index (χ1) is 9.45. The molecule has 20 heavy (non-hydrogen) atoms. The highest BCUT2D eigenvalue weighted by atomic mass is 79.9. The maximum absolute atomic E-state index is 13.1. The van der Waals surface area contributed by atoms with E-state index in [-0.39, 0.29) is 12.2 Å². The van der Waals surface area contributed by atoms with E-state index in [0.717, 1.165) is 0 Å². The Balaban J connectivity index is 2.10. The van der Waals surface area contributed by atoms with E-state index in [4.69, 9.17) is 16.2 Å². The smallest absolute Gasteiger partial charge is 0.338 e. The van der Waals surface area contributed by atoms with Crippen LogP contribution in [0.25, 0.3) is 0 Å². The Labute approximate surface area is 123 Å². The van der Waals surface area contributed by atoms with Gasteiger partial charge in [-0.05, 0) is 36.4 Å². The third-order valence-electron chi connectivity index (χ3n) is 2.58. The van der Waals surface area contributed by atoms with Crippen molar-refractivity contribution in [2.45, 2.75) is 6.61 Å². The number of nitrogens with two attached hydrogens (primary N) is 2. The molecule has 4 nitrogen and oxygen atoms in total. The number of esters is 1. The molecule has 0 saturated heterocycles. The fourth-order valence-corrected chi connectivity index (χ4v) is 2.04. The number of hydrogen-bond donors (Lipinski definition) is 2. The Kier molecular flexibility index (Phi) is 4.24. The Bertz CT molecular complexity index is 641. The van der Waals surface area contributed by atoms with E-state index in [2.05, 4.69) is 15.9 Å². The molecule has 0 unspecified atom stereocenters. The number of halogens is 2. The molecule has 0 heterocycles. The van der Waals surface area contributed by atoms with Gasteiger partial charge < -0.3 is 16.2 Å². The van der Waals surface area contributed by atoms with Gasteiger partial charge in [0.25, 0.3) is 0 Å². The maximum atomic E-state index is 13.1. The molecule has 0 saturated carbocycles. The van der Waals surface area contributed by atoms with Crippen molar-refractivity contribution in [3.8, 4) is 0 Å². The van der Waals surface area contributed by atoms with Crippen LogP contribution in [-0.2, 0) is 11.3 Å². The van der Waals surface area contributed by atoms with E-state index in [0.29, 0.717) is 21.4 Å². The highest BCUT2D eigenvalue weighted by Gasteiger charge is 2.10. The monoisotopic (exact) mass is 338 g/mol. The van der Waals surface area contributed by atoms with Crippen molar-refractivity contribution in [3.63, 3.8) is 0 Å². The van der Waals surface area contributed by atoms with Gasteiger partial charge in [-0.25, -0.2) is 9.18 Å². The van der Waals surface area contributed by atoms with Crippen molar-refractivity contribution < 1.29 is 13.9 Å². The van der Waals surface area contributed by atoms with E-state index in [9.17, 15) is 9.18 Å². The lowest BCUT2D eigenvalue weighted by Gasteiger charge is -2.08. The van der Waals surface area contributed by atoms with Crippen molar-refractivity contribution in [2.75, 3.05) is 11.5 Å². The summed E-state index contributed by atoms with van der Waals surface area (Å²) in [6, 6.07) is 8.65. The number of benzene rings is 2. The Morgan fingerprint density at radius 2 is 1.80 bits per heavy atom. The van der Waals surface area contributed by atoms with Crippen LogP contribution in [0.4, 0.5) is 15.8 Å². The SMILES string of the molecule is Nc1cc(N)cc(C(=O)OCc2cc(F)ccc2Br)c1. The molecule has 0 bridgehead atoms. The highest BCUT2D eigenvalue weighted by Crippen LogP contribution is 2.20. The van der Waals surface area contributed by atoms with Gasteiger partial charge in [-0.3, -0.25) is 0 Å². The van der Waals surface area contributed by atoms with Crippen LogP contribution in [0, 0.1) is 5.82 Å². The summed E-state index contributed by atoms with van der Waals surface area (Å²) in [7, 11) is 0. The number of anilines is 2. The largest absolute Gasteiger partial charge is 0.457 e. The Morgan fingerprint density at radius 3 is 2.45 bits per heavy atom. The minimum atomic E-state index is -0.569.